The molecular weight excluding hydrogens is 957 g/mol. The molecule has 78 heavy (non-hydrogen) atoms. The van der Waals surface area contributed by atoms with Crippen molar-refractivity contribution in [3.8, 4) is 33.6 Å². The molecule has 0 unspecified atom stereocenters. The van der Waals surface area contributed by atoms with E-state index < -0.39 is 5.54 Å². The zero-order chi connectivity index (χ0) is 55.2. The molecule has 0 fully saturated rings. The molecule has 5 heteroatoms. The SMILES string of the molecule is CC(C)(C)c1ccc2c(c1)c1cc(C(C)(C)C)ccc1n2-c1cc(-n2c3ccc(C(C)(C)C)cc3c3cc(C(C)(C)C)ccc32)c(-c2ccc(F)cc2)c(C(C)(C)n2c3ccccc3c3ccccc32)c1-c1ccc(F)cc1. The molecule has 0 radical (unpaired) electrons. The van der Waals surface area contributed by atoms with Gasteiger partial charge in [-0.1, -0.05) is 168 Å². The Hall–Kier alpha value is -7.76. The summed E-state index contributed by atoms with van der Waals surface area (Å²) in [6.45, 7) is 32.1. The summed E-state index contributed by atoms with van der Waals surface area (Å²) in [4.78, 5) is 0. The second-order valence-electron chi connectivity index (χ2n) is 26.6. The summed E-state index contributed by atoms with van der Waals surface area (Å²) < 4.78 is 38.8. The molecule has 3 aromatic heterocycles. The third-order valence-electron chi connectivity index (χ3n) is 16.8. The molecule has 0 bridgehead atoms. The van der Waals surface area contributed by atoms with Crippen LogP contribution in [0.1, 0.15) is 125 Å². The van der Waals surface area contributed by atoms with E-state index in [1.54, 1.807) is 24.3 Å². The largest absolute Gasteiger partial charge is 0.331 e. The third-order valence-corrected chi connectivity index (χ3v) is 16.8. The lowest BCUT2D eigenvalue weighted by atomic mass is 9.78. The van der Waals surface area contributed by atoms with Crippen molar-refractivity contribution in [2.45, 2.75) is 124 Å². The minimum atomic E-state index is -0.865. The Morgan fingerprint density at radius 3 is 0.885 bits per heavy atom. The zero-order valence-electron chi connectivity index (χ0n) is 47.8. The van der Waals surface area contributed by atoms with Gasteiger partial charge in [0.1, 0.15) is 11.6 Å². The van der Waals surface area contributed by atoms with Gasteiger partial charge in [0, 0.05) is 54.5 Å². The van der Waals surface area contributed by atoms with E-state index in [1.807, 2.05) is 24.3 Å². The van der Waals surface area contributed by atoms with Crippen LogP contribution >= 0.6 is 0 Å². The number of hydrogen-bond acceptors (Lipinski definition) is 0. The molecule has 0 amide bonds. The standard InChI is InChI=1S/C73H71F2N3/c1-69(2,3)46-27-35-58-54(39-46)55-40-47(70(4,5)6)28-36-59(55)76(58)64-43-65(77-60-37-29-48(71(7,8)9)41-56(60)57-42-49(72(10,11)12)30-38-61(57)77)67(45-25-33-51(75)34-26-45)68(66(64)44-23-31-50(74)32-24-44)73(13,14)78-62-21-17-15-19-52(62)53-20-16-18-22-63(53)78/h15-43H,1-14H3. The molecule has 0 aliphatic carbocycles. The van der Waals surface area contributed by atoms with E-state index in [-0.39, 0.29) is 33.3 Å². The number of fused-ring (bicyclic) bond motifs is 9. The molecule has 12 rings (SSSR count). The molecule has 0 saturated heterocycles. The van der Waals surface area contributed by atoms with Crippen molar-refractivity contribution < 1.29 is 8.78 Å². The molecule has 0 aliphatic rings. The smallest absolute Gasteiger partial charge is 0.123 e. The Morgan fingerprint density at radius 1 is 0.295 bits per heavy atom. The number of halogens is 2. The topological polar surface area (TPSA) is 14.8 Å². The minimum Gasteiger partial charge on any atom is -0.331 e. The molecule has 0 aliphatic heterocycles. The van der Waals surface area contributed by atoms with Crippen LogP contribution in [0.3, 0.4) is 0 Å². The average Bonchev–Trinajstić information content (AvgIpc) is 3.80. The van der Waals surface area contributed by atoms with Crippen LogP contribution in [0.15, 0.2) is 176 Å². The zero-order valence-corrected chi connectivity index (χ0v) is 47.8. The van der Waals surface area contributed by atoms with E-state index in [9.17, 15) is 0 Å². The molecule has 0 spiro atoms. The molecule has 3 heterocycles. The summed E-state index contributed by atoms with van der Waals surface area (Å²) in [6, 6.07) is 62.0. The highest BCUT2D eigenvalue weighted by atomic mass is 19.1. The van der Waals surface area contributed by atoms with Crippen LogP contribution in [0, 0.1) is 11.6 Å². The van der Waals surface area contributed by atoms with Crippen molar-refractivity contribution in [2.75, 3.05) is 0 Å². The van der Waals surface area contributed by atoms with E-state index in [4.69, 9.17) is 0 Å². The van der Waals surface area contributed by atoms with Crippen molar-refractivity contribution >= 4 is 65.4 Å². The molecular formula is C73H71F2N3. The van der Waals surface area contributed by atoms with Crippen molar-refractivity contribution in [3.05, 3.63) is 215 Å². The molecule has 0 saturated carbocycles. The predicted molar refractivity (Wildman–Crippen MR) is 329 cm³/mol. The first-order valence-corrected chi connectivity index (χ1v) is 27.7. The summed E-state index contributed by atoms with van der Waals surface area (Å²) >= 11 is 0. The first kappa shape index (κ1) is 51.0. The fourth-order valence-corrected chi connectivity index (χ4v) is 12.5. The molecule has 0 N–H and O–H groups in total. The van der Waals surface area contributed by atoms with Crippen LogP contribution in [0.2, 0.25) is 0 Å². The number of aromatic nitrogens is 3. The average molecular weight is 1030 g/mol. The van der Waals surface area contributed by atoms with Gasteiger partial charge in [-0.2, -0.15) is 0 Å². The Balaban J connectivity index is 1.38. The van der Waals surface area contributed by atoms with Gasteiger partial charge in [-0.3, -0.25) is 0 Å². The number of rotatable bonds is 6. The predicted octanol–water partition coefficient (Wildman–Crippen LogP) is 20.6. The maximum absolute atomic E-state index is 15.7. The van der Waals surface area contributed by atoms with Crippen LogP contribution < -0.4 is 0 Å². The Bertz CT molecular complexity index is 3960. The lowest BCUT2D eigenvalue weighted by molar-refractivity contribution is 0.467. The number of nitrogens with zero attached hydrogens (tertiary/aromatic N) is 3. The molecule has 12 aromatic rings. The van der Waals surface area contributed by atoms with E-state index in [2.05, 4.69) is 238 Å². The van der Waals surface area contributed by atoms with E-state index in [0.29, 0.717) is 0 Å². The van der Waals surface area contributed by atoms with Crippen LogP contribution in [-0.4, -0.2) is 13.7 Å². The van der Waals surface area contributed by atoms with Crippen molar-refractivity contribution in [3.63, 3.8) is 0 Å². The van der Waals surface area contributed by atoms with Gasteiger partial charge in [0.15, 0.2) is 0 Å². The van der Waals surface area contributed by atoms with Gasteiger partial charge in [-0.25, -0.2) is 8.78 Å². The monoisotopic (exact) mass is 1030 g/mol. The fraction of sp³-hybridized carbons (Fsp3) is 0.260. The molecule has 3 nitrogen and oxygen atoms in total. The van der Waals surface area contributed by atoms with Gasteiger partial charge in [-0.15, -0.1) is 0 Å². The highest BCUT2D eigenvalue weighted by Crippen LogP contribution is 2.53. The first-order chi connectivity index (χ1) is 36.8. The highest BCUT2D eigenvalue weighted by Gasteiger charge is 2.38. The first-order valence-electron chi connectivity index (χ1n) is 27.7. The van der Waals surface area contributed by atoms with Gasteiger partial charge < -0.3 is 13.7 Å². The van der Waals surface area contributed by atoms with Gasteiger partial charge in [0.2, 0.25) is 0 Å². The molecule has 0 atom stereocenters. The van der Waals surface area contributed by atoms with Gasteiger partial charge >= 0.3 is 0 Å². The quantitative estimate of drug-likeness (QED) is 0.158. The number of para-hydroxylation sites is 2. The van der Waals surface area contributed by atoms with Gasteiger partial charge in [-0.05, 0) is 165 Å². The van der Waals surface area contributed by atoms with E-state index in [0.717, 1.165) is 83.1 Å². The van der Waals surface area contributed by atoms with Crippen molar-refractivity contribution in [1.82, 2.24) is 13.7 Å². The molecule has 392 valence electrons. The maximum atomic E-state index is 15.7. The van der Waals surface area contributed by atoms with Crippen molar-refractivity contribution in [1.29, 1.82) is 0 Å². The lowest BCUT2D eigenvalue weighted by Gasteiger charge is -2.37. The van der Waals surface area contributed by atoms with Gasteiger partial charge in [0.25, 0.3) is 0 Å². The number of benzene rings is 9. The Morgan fingerprint density at radius 2 is 0.590 bits per heavy atom. The summed E-state index contributed by atoms with van der Waals surface area (Å²) in [7, 11) is 0. The maximum Gasteiger partial charge on any atom is 0.123 e. The second kappa shape index (κ2) is 17.6. The van der Waals surface area contributed by atoms with E-state index in [1.165, 1.54) is 43.8 Å². The minimum absolute atomic E-state index is 0.108. The van der Waals surface area contributed by atoms with Crippen LogP contribution in [-0.2, 0) is 27.2 Å². The van der Waals surface area contributed by atoms with E-state index >= 15 is 8.78 Å². The lowest BCUT2D eigenvalue weighted by Crippen LogP contribution is -2.30. The van der Waals surface area contributed by atoms with Crippen molar-refractivity contribution in [2.24, 2.45) is 0 Å². The summed E-state index contributed by atoms with van der Waals surface area (Å²) in [5, 5.41) is 6.99. The normalized spacial score (nSPS) is 13.1. The fourth-order valence-electron chi connectivity index (χ4n) is 12.5. The van der Waals surface area contributed by atoms with Gasteiger partial charge in [0.05, 0.1) is 39.0 Å². The Labute approximate surface area is 458 Å². The third kappa shape index (κ3) is 8.18. The molecule has 9 aromatic carbocycles. The highest BCUT2D eigenvalue weighted by molar-refractivity contribution is 6.14. The Kier molecular flexibility index (Phi) is 11.5. The summed E-state index contributed by atoms with van der Waals surface area (Å²) in [5.74, 6) is -0.621. The van der Waals surface area contributed by atoms with Crippen LogP contribution in [0.4, 0.5) is 8.78 Å². The summed E-state index contributed by atoms with van der Waals surface area (Å²) in [5.41, 5.74) is 16.7. The van der Waals surface area contributed by atoms with Crippen LogP contribution in [0.25, 0.3) is 99.0 Å². The second-order valence-corrected chi connectivity index (χ2v) is 26.6. The summed E-state index contributed by atoms with van der Waals surface area (Å²) in [6.07, 6.45) is 0. The van der Waals surface area contributed by atoms with Crippen LogP contribution in [0.5, 0.6) is 0 Å². The number of hydrogen-bond donors (Lipinski definition) is 0.